The molecule has 1 aliphatic heterocycles. The zero-order valence-corrected chi connectivity index (χ0v) is 35.0. The summed E-state index contributed by atoms with van der Waals surface area (Å²) in [6, 6.07) is 90.6. The summed E-state index contributed by atoms with van der Waals surface area (Å²) in [4.78, 5) is 2.51. The standard InChI is InChI=1S/C62H40N2/c1-4-20-41(21-5-1)61(42-22-6-2-7-23-42)50-30-13-10-26-45(50)49-40-44(38-39-52(49)61)63(43-24-8-3-9-25-43)58-37-19-33-54-59(58)48-28-11-14-31-51(48)62(54)53-32-15-17-36-57(53)64-56-35-16-12-27-46(56)47-29-18-34-55(62)60(47)64/h1-40H. The summed E-state index contributed by atoms with van der Waals surface area (Å²) in [5.74, 6) is 0. The molecule has 1 unspecified atom stereocenters. The van der Waals surface area contributed by atoms with Gasteiger partial charge in [-0.2, -0.15) is 0 Å². The monoisotopic (exact) mass is 812 g/mol. The fourth-order valence-electron chi connectivity index (χ4n) is 12.4. The summed E-state index contributed by atoms with van der Waals surface area (Å²) in [7, 11) is 0. The van der Waals surface area contributed by atoms with Crippen molar-refractivity contribution in [3.8, 4) is 27.9 Å². The Bertz CT molecular complexity index is 3640. The summed E-state index contributed by atoms with van der Waals surface area (Å²) < 4.78 is 2.52. The molecule has 64 heavy (non-hydrogen) atoms. The van der Waals surface area contributed by atoms with Crippen LogP contribution in [-0.2, 0) is 10.8 Å². The minimum atomic E-state index is -0.549. The van der Waals surface area contributed by atoms with Gasteiger partial charge in [-0.1, -0.05) is 200 Å². The van der Waals surface area contributed by atoms with Crippen molar-refractivity contribution < 1.29 is 0 Å². The summed E-state index contributed by atoms with van der Waals surface area (Å²) in [5.41, 5.74) is 21.6. The summed E-state index contributed by atoms with van der Waals surface area (Å²) in [6.45, 7) is 0. The lowest BCUT2D eigenvalue weighted by Crippen LogP contribution is -2.33. The quantitative estimate of drug-likeness (QED) is 0.168. The van der Waals surface area contributed by atoms with E-state index in [1.165, 1.54) is 94.3 Å². The van der Waals surface area contributed by atoms with Gasteiger partial charge in [0.1, 0.15) is 0 Å². The average Bonchev–Trinajstić information content (AvgIpc) is 3.98. The van der Waals surface area contributed by atoms with Crippen molar-refractivity contribution in [3.63, 3.8) is 0 Å². The van der Waals surface area contributed by atoms with Crippen LogP contribution in [0.2, 0.25) is 0 Å². The minimum Gasteiger partial charge on any atom is -0.310 e. The normalized spacial score (nSPS) is 15.7. The first-order chi connectivity index (χ1) is 31.8. The van der Waals surface area contributed by atoms with Gasteiger partial charge in [0.2, 0.25) is 0 Å². The second-order valence-corrected chi connectivity index (χ2v) is 17.5. The molecule has 0 bridgehead atoms. The van der Waals surface area contributed by atoms with Crippen LogP contribution in [0, 0.1) is 0 Å². The third-order valence-electron chi connectivity index (χ3n) is 14.7. The van der Waals surface area contributed by atoms with Crippen molar-refractivity contribution in [2.24, 2.45) is 0 Å². The van der Waals surface area contributed by atoms with Crippen molar-refractivity contribution in [3.05, 3.63) is 287 Å². The van der Waals surface area contributed by atoms with Crippen molar-refractivity contribution in [2.75, 3.05) is 4.90 Å². The Morgan fingerprint density at radius 1 is 0.328 bits per heavy atom. The van der Waals surface area contributed by atoms with Crippen LogP contribution in [0.3, 0.4) is 0 Å². The lowest BCUT2D eigenvalue weighted by atomic mass is 9.65. The van der Waals surface area contributed by atoms with Crippen LogP contribution in [0.15, 0.2) is 243 Å². The Hall–Kier alpha value is -8.20. The van der Waals surface area contributed by atoms with E-state index >= 15 is 0 Å². The van der Waals surface area contributed by atoms with Crippen LogP contribution in [0.25, 0.3) is 49.7 Å². The van der Waals surface area contributed by atoms with Gasteiger partial charge in [0, 0.05) is 27.7 Å². The summed E-state index contributed by atoms with van der Waals surface area (Å²) in [5, 5.41) is 2.57. The minimum absolute atomic E-state index is 0.471. The van der Waals surface area contributed by atoms with Gasteiger partial charge in [-0.15, -0.1) is 0 Å². The molecule has 11 aromatic rings. The number of rotatable bonds is 5. The SMILES string of the molecule is c1ccc(N(c2ccc3c(c2)-c2ccccc2C3(c2ccccc2)c2ccccc2)c2cccc3c2-c2ccccc2C32c3ccccc3-n3c4ccccc4c4cccc2c43)cc1. The molecule has 0 saturated carbocycles. The van der Waals surface area contributed by atoms with Gasteiger partial charge in [-0.3, -0.25) is 0 Å². The van der Waals surface area contributed by atoms with Gasteiger partial charge in [0.15, 0.2) is 0 Å². The largest absolute Gasteiger partial charge is 0.310 e. The van der Waals surface area contributed by atoms with E-state index in [-0.39, 0.29) is 0 Å². The zero-order chi connectivity index (χ0) is 42.0. The highest BCUT2D eigenvalue weighted by Gasteiger charge is 2.52. The molecular weight excluding hydrogens is 773 g/mol. The number of benzene rings is 10. The molecule has 0 amide bonds. The van der Waals surface area contributed by atoms with Crippen molar-refractivity contribution in [1.82, 2.24) is 4.57 Å². The molecule has 2 aliphatic carbocycles. The number of fused-ring (bicyclic) bond motifs is 15. The molecule has 0 fully saturated rings. The van der Waals surface area contributed by atoms with Gasteiger partial charge in [-0.05, 0) is 104 Å². The number of nitrogens with zero attached hydrogens (tertiary/aromatic N) is 2. The Balaban J connectivity index is 1.06. The molecule has 0 saturated heterocycles. The van der Waals surface area contributed by atoms with Crippen molar-refractivity contribution >= 4 is 38.9 Å². The zero-order valence-electron chi connectivity index (χ0n) is 35.0. The van der Waals surface area contributed by atoms with Gasteiger partial charge >= 0.3 is 0 Å². The van der Waals surface area contributed by atoms with Crippen LogP contribution < -0.4 is 4.90 Å². The first-order valence-corrected chi connectivity index (χ1v) is 22.4. The third-order valence-corrected chi connectivity index (χ3v) is 14.7. The number of anilines is 3. The molecule has 2 nitrogen and oxygen atoms in total. The maximum Gasteiger partial charge on any atom is 0.0755 e. The highest BCUT2D eigenvalue weighted by molar-refractivity contribution is 6.13. The van der Waals surface area contributed by atoms with Gasteiger partial charge in [0.25, 0.3) is 0 Å². The smallest absolute Gasteiger partial charge is 0.0755 e. The van der Waals surface area contributed by atoms with Crippen LogP contribution >= 0.6 is 0 Å². The molecule has 2 heterocycles. The molecule has 3 aliphatic rings. The van der Waals surface area contributed by atoms with Gasteiger partial charge in [-0.25, -0.2) is 0 Å². The van der Waals surface area contributed by atoms with Gasteiger partial charge in [0.05, 0.1) is 33.2 Å². The molecule has 0 radical (unpaired) electrons. The van der Waals surface area contributed by atoms with Crippen LogP contribution in [0.4, 0.5) is 17.1 Å². The molecule has 298 valence electrons. The maximum atomic E-state index is 2.52. The molecule has 1 spiro atoms. The van der Waals surface area contributed by atoms with Crippen LogP contribution in [-0.4, -0.2) is 4.57 Å². The predicted octanol–water partition coefficient (Wildman–Crippen LogP) is 15.3. The van der Waals surface area contributed by atoms with E-state index in [0.29, 0.717) is 0 Å². The first kappa shape index (κ1) is 35.4. The molecule has 14 rings (SSSR count). The number of para-hydroxylation sites is 4. The molecule has 1 aromatic heterocycles. The van der Waals surface area contributed by atoms with Crippen LogP contribution in [0.5, 0.6) is 0 Å². The Kier molecular flexibility index (Phi) is 7.28. The van der Waals surface area contributed by atoms with E-state index in [2.05, 4.69) is 252 Å². The van der Waals surface area contributed by atoms with E-state index in [0.717, 1.165) is 17.1 Å². The summed E-state index contributed by atoms with van der Waals surface area (Å²) in [6.07, 6.45) is 0. The Morgan fingerprint density at radius 2 is 0.875 bits per heavy atom. The average molecular weight is 813 g/mol. The molecule has 1 atom stereocenters. The van der Waals surface area contributed by atoms with Crippen LogP contribution in [0.1, 0.15) is 44.5 Å². The number of hydrogen-bond acceptors (Lipinski definition) is 1. The Labute approximate surface area is 372 Å². The molecule has 2 heteroatoms. The Morgan fingerprint density at radius 3 is 1.64 bits per heavy atom. The topological polar surface area (TPSA) is 8.17 Å². The highest BCUT2D eigenvalue weighted by atomic mass is 15.1. The van der Waals surface area contributed by atoms with E-state index in [9.17, 15) is 0 Å². The van der Waals surface area contributed by atoms with E-state index in [4.69, 9.17) is 0 Å². The fraction of sp³-hybridized carbons (Fsp3) is 0.0323. The summed E-state index contributed by atoms with van der Waals surface area (Å²) >= 11 is 0. The predicted molar refractivity (Wildman–Crippen MR) is 264 cm³/mol. The second-order valence-electron chi connectivity index (χ2n) is 17.5. The van der Waals surface area contributed by atoms with Crippen molar-refractivity contribution in [1.29, 1.82) is 0 Å². The van der Waals surface area contributed by atoms with E-state index in [1.807, 2.05) is 0 Å². The van der Waals surface area contributed by atoms with Crippen molar-refractivity contribution in [2.45, 2.75) is 10.8 Å². The molecule has 10 aromatic carbocycles. The number of aromatic nitrogens is 1. The first-order valence-electron chi connectivity index (χ1n) is 22.4. The lowest BCUT2D eigenvalue weighted by molar-refractivity contribution is 0.748. The highest BCUT2D eigenvalue weighted by Crippen LogP contribution is 2.64. The number of hydrogen-bond donors (Lipinski definition) is 0. The van der Waals surface area contributed by atoms with Gasteiger partial charge < -0.3 is 9.47 Å². The second kappa shape index (κ2) is 13.2. The lowest BCUT2D eigenvalue weighted by Gasteiger charge is -2.39. The maximum absolute atomic E-state index is 2.52. The fourth-order valence-corrected chi connectivity index (χ4v) is 12.4. The van der Waals surface area contributed by atoms with E-state index < -0.39 is 10.8 Å². The van der Waals surface area contributed by atoms with E-state index in [1.54, 1.807) is 0 Å². The molecular formula is C62H40N2. The molecule has 0 N–H and O–H groups in total. The third kappa shape index (κ3) is 4.39.